The molecule has 1 heterocycles. The molecule has 1 aliphatic heterocycles. The third kappa shape index (κ3) is 2.39. The highest BCUT2D eigenvalue weighted by Gasteiger charge is 2.50. The summed E-state index contributed by atoms with van der Waals surface area (Å²) in [5.41, 5.74) is 2.53. The van der Waals surface area contributed by atoms with Gasteiger partial charge in [-0.15, -0.1) is 0 Å². The monoisotopic (exact) mass is 371 g/mol. The van der Waals surface area contributed by atoms with Gasteiger partial charge >= 0.3 is 0 Å². The largest absolute Gasteiger partial charge is 0.502 e. The number of methoxy groups -OCH3 is 3. The van der Waals surface area contributed by atoms with E-state index in [0.717, 1.165) is 42.5 Å². The van der Waals surface area contributed by atoms with Crippen LogP contribution < -0.4 is 9.47 Å². The van der Waals surface area contributed by atoms with E-state index in [1.165, 1.54) is 14.2 Å². The number of fused-ring (bicyclic) bond motifs is 1. The van der Waals surface area contributed by atoms with Crippen molar-refractivity contribution in [1.82, 2.24) is 4.90 Å². The molecule has 0 saturated carbocycles. The number of benzene rings is 1. The summed E-state index contributed by atoms with van der Waals surface area (Å²) in [6.45, 7) is 0.874. The Balaban J connectivity index is 2.07. The molecule has 144 valence electrons. The molecule has 1 aromatic rings. The van der Waals surface area contributed by atoms with Crippen LogP contribution >= 0.6 is 0 Å². The first-order valence-corrected chi connectivity index (χ1v) is 9.17. The van der Waals surface area contributed by atoms with Crippen LogP contribution in [0.2, 0.25) is 0 Å². The van der Waals surface area contributed by atoms with Gasteiger partial charge in [0.25, 0.3) is 0 Å². The van der Waals surface area contributed by atoms with Crippen molar-refractivity contribution in [1.29, 1.82) is 0 Å². The molecule has 1 saturated heterocycles. The summed E-state index contributed by atoms with van der Waals surface area (Å²) in [7, 11) is 6.71. The fraction of sp³-hybridized carbons (Fsp3) is 0.476. The summed E-state index contributed by atoms with van der Waals surface area (Å²) in [6.07, 6.45) is 6.14. The lowest BCUT2D eigenvalue weighted by atomic mass is 9.64. The highest BCUT2D eigenvalue weighted by Crippen LogP contribution is 2.56. The van der Waals surface area contributed by atoms with E-state index in [2.05, 4.69) is 11.9 Å². The van der Waals surface area contributed by atoms with E-state index in [1.807, 2.05) is 12.1 Å². The van der Waals surface area contributed by atoms with E-state index >= 15 is 0 Å². The van der Waals surface area contributed by atoms with Gasteiger partial charge in [-0.2, -0.15) is 0 Å². The van der Waals surface area contributed by atoms with Crippen molar-refractivity contribution in [2.75, 3.05) is 34.9 Å². The summed E-state index contributed by atoms with van der Waals surface area (Å²) in [5.74, 6) is 1.05. The van der Waals surface area contributed by atoms with Crippen LogP contribution in [0.15, 0.2) is 29.6 Å². The molecule has 4 rings (SSSR count). The van der Waals surface area contributed by atoms with Gasteiger partial charge in [-0.3, -0.25) is 9.69 Å². The minimum Gasteiger partial charge on any atom is -0.502 e. The molecule has 0 radical (unpaired) electrons. The minimum atomic E-state index is -0.530. The van der Waals surface area contributed by atoms with E-state index in [1.54, 1.807) is 13.2 Å². The second-order valence-corrected chi connectivity index (χ2v) is 7.43. The first kappa shape index (κ1) is 17.9. The molecule has 2 aliphatic carbocycles. The number of hydrogen-bond donors (Lipinski definition) is 1. The van der Waals surface area contributed by atoms with Crippen LogP contribution in [-0.2, 0) is 21.4 Å². The molecule has 27 heavy (non-hydrogen) atoms. The zero-order valence-corrected chi connectivity index (χ0v) is 16.2. The third-order valence-electron chi connectivity index (χ3n) is 6.25. The van der Waals surface area contributed by atoms with Crippen LogP contribution in [0.4, 0.5) is 0 Å². The average molecular weight is 371 g/mol. The van der Waals surface area contributed by atoms with Crippen molar-refractivity contribution in [2.45, 2.75) is 30.7 Å². The Hall–Kier alpha value is -2.47. The quantitative estimate of drug-likeness (QED) is 0.880. The van der Waals surface area contributed by atoms with Crippen molar-refractivity contribution in [3.63, 3.8) is 0 Å². The van der Waals surface area contributed by atoms with Crippen LogP contribution in [0, 0.1) is 0 Å². The number of aromatic hydroxyl groups is 1. The van der Waals surface area contributed by atoms with Crippen LogP contribution in [0.3, 0.4) is 0 Å². The number of likely N-dealkylation sites (N-methyl/N-ethyl adjacent to an activating group) is 1. The smallest absolute Gasteiger partial charge is 0.220 e. The molecule has 1 fully saturated rings. The number of phenols is 1. The standard InChI is InChI=1S/C21H25NO5/c1-22-8-7-21-11-17(26-3)15(23)10-13(21)14(22)6-5-12-9-16(25-2)19(24)20(27-4)18(12)21/h9-11,14,24H,5-8H2,1-4H3/t14-,21?/m1/s1. The lowest BCUT2D eigenvalue weighted by Gasteiger charge is -2.47. The molecule has 1 aromatic carbocycles. The number of allylic oxidation sites excluding steroid dienone is 2. The molecule has 3 aliphatic rings. The summed E-state index contributed by atoms with van der Waals surface area (Å²) >= 11 is 0. The van der Waals surface area contributed by atoms with Gasteiger partial charge in [0.2, 0.25) is 11.5 Å². The fourth-order valence-electron chi connectivity index (χ4n) is 4.96. The van der Waals surface area contributed by atoms with Gasteiger partial charge in [-0.05, 0) is 62.2 Å². The fourth-order valence-corrected chi connectivity index (χ4v) is 4.96. The normalized spacial score (nSPS) is 27.0. The zero-order chi connectivity index (χ0) is 19.3. The predicted molar refractivity (Wildman–Crippen MR) is 100 cm³/mol. The van der Waals surface area contributed by atoms with Gasteiger partial charge in [0.1, 0.15) is 0 Å². The number of likely N-dealkylation sites (tertiary alicyclic amines) is 1. The Morgan fingerprint density at radius 3 is 2.67 bits per heavy atom. The van der Waals surface area contributed by atoms with E-state index < -0.39 is 5.41 Å². The maximum atomic E-state index is 12.6. The van der Waals surface area contributed by atoms with Crippen LogP contribution in [-0.4, -0.2) is 56.8 Å². The number of aryl methyl sites for hydroxylation is 1. The Morgan fingerprint density at radius 2 is 2.00 bits per heavy atom. The highest BCUT2D eigenvalue weighted by atomic mass is 16.5. The summed E-state index contributed by atoms with van der Waals surface area (Å²) in [4.78, 5) is 14.9. The number of piperidine rings is 1. The number of rotatable bonds is 3. The van der Waals surface area contributed by atoms with E-state index in [4.69, 9.17) is 14.2 Å². The summed E-state index contributed by atoms with van der Waals surface area (Å²) in [6, 6.07) is 2.05. The van der Waals surface area contributed by atoms with E-state index in [-0.39, 0.29) is 17.6 Å². The van der Waals surface area contributed by atoms with E-state index in [9.17, 15) is 9.90 Å². The molecule has 1 N–H and O–H groups in total. The molecule has 0 amide bonds. The zero-order valence-electron chi connectivity index (χ0n) is 16.2. The van der Waals surface area contributed by atoms with Gasteiger partial charge in [0.05, 0.1) is 21.3 Å². The van der Waals surface area contributed by atoms with Gasteiger partial charge in [0.15, 0.2) is 17.3 Å². The third-order valence-corrected chi connectivity index (χ3v) is 6.25. The van der Waals surface area contributed by atoms with Gasteiger partial charge in [0, 0.05) is 17.0 Å². The average Bonchev–Trinajstić information content (AvgIpc) is 2.76. The van der Waals surface area contributed by atoms with Gasteiger partial charge < -0.3 is 19.3 Å². The molecule has 1 unspecified atom stereocenters. The molecule has 6 nitrogen and oxygen atoms in total. The predicted octanol–water partition coefficient (Wildman–Crippen LogP) is 2.34. The number of ketones is 1. The highest BCUT2D eigenvalue weighted by molar-refractivity contribution is 6.05. The first-order valence-electron chi connectivity index (χ1n) is 9.17. The number of carbonyl (C=O) groups is 1. The minimum absolute atomic E-state index is 0.00544. The number of ether oxygens (including phenoxy) is 3. The second-order valence-electron chi connectivity index (χ2n) is 7.43. The number of nitrogens with zero attached hydrogens (tertiary/aromatic N) is 1. The van der Waals surface area contributed by atoms with Crippen molar-refractivity contribution < 1.29 is 24.1 Å². The number of hydrogen-bond acceptors (Lipinski definition) is 6. The van der Waals surface area contributed by atoms with Crippen molar-refractivity contribution in [2.24, 2.45) is 0 Å². The van der Waals surface area contributed by atoms with Crippen LogP contribution in [0.25, 0.3) is 0 Å². The SMILES string of the molecule is COC1=CC23CCN(C)[C@H](CCc4cc(OC)c(O)c(OC)c42)C3=CC1=O. The topological polar surface area (TPSA) is 68.2 Å². The molecule has 6 heteroatoms. The molecular weight excluding hydrogens is 346 g/mol. The van der Waals surface area contributed by atoms with Gasteiger partial charge in [-0.25, -0.2) is 0 Å². The lowest BCUT2D eigenvalue weighted by molar-refractivity contribution is -0.114. The van der Waals surface area contributed by atoms with Gasteiger partial charge in [-0.1, -0.05) is 0 Å². The number of phenolic OH excluding ortho intramolecular Hbond substituents is 1. The lowest BCUT2D eigenvalue weighted by Crippen LogP contribution is -2.49. The van der Waals surface area contributed by atoms with Crippen molar-refractivity contribution in [3.8, 4) is 17.2 Å². The van der Waals surface area contributed by atoms with Crippen molar-refractivity contribution in [3.05, 3.63) is 40.7 Å². The first-order chi connectivity index (χ1) is 13.0. The second kappa shape index (κ2) is 6.30. The van der Waals surface area contributed by atoms with E-state index in [0.29, 0.717) is 17.3 Å². The molecule has 2 bridgehead atoms. The van der Waals surface area contributed by atoms with Crippen molar-refractivity contribution >= 4 is 5.78 Å². The summed E-state index contributed by atoms with van der Waals surface area (Å²) < 4.78 is 16.4. The Morgan fingerprint density at radius 1 is 1.22 bits per heavy atom. The Labute approximate surface area is 159 Å². The molecule has 0 aromatic heterocycles. The molecule has 2 atom stereocenters. The van der Waals surface area contributed by atoms with Crippen LogP contribution in [0.1, 0.15) is 24.0 Å². The molecule has 0 spiro atoms. The Kier molecular flexibility index (Phi) is 4.18. The maximum absolute atomic E-state index is 12.6. The summed E-state index contributed by atoms with van der Waals surface area (Å²) in [5, 5.41) is 10.7. The Bertz CT molecular complexity index is 872. The maximum Gasteiger partial charge on any atom is 0.220 e. The molecular formula is C21H25NO5. The number of carbonyl (C=O) groups excluding carboxylic acids is 1. The van der Waals surface area contributed by atoms with Crippen LogP contribution in [0.5, 0.6) is 17.2 Å².